The second kappa shape index (κ2) is 5.52. The van der Waals surface area contributed by atoms with Gasteiger partial charge in [0, 0.05) is 25.3 Å². The molecular weight excluding hydrogens is 212 g/mol. The fourth-order valence-corrected chi connectivity index (χ4v) is 2.27. The molecule has 0 saturated carbocycles. The van der Waals surface area contributed by atoms with Crippen LogP contribution in [0.5, 0.6) is 0 Å². The first-order chi connectivity index (χ1) is 8.16. The molecule has 1 N–H and O–H groups in total. The van der Waals surface area contributed by atoms with Gasteiger partial charge in [-0.2, -0.15) is 0 Å². The van der Waals surface area contributed by atoms with Crippen LogP contribution >= 0.6 is 0 Å². The van der Waals surface area contributed by atoms with Crippen molar-refractivity contribution in [3.8, 4) is 0 Å². The summed E-state index contributed by atoms with van der Waals surface area (Å²) in [5, 5.41) is 9.48. The third-order valence-corrected chi connectivity index (χ3v) is 3.46. The molecule has 0 amide bonds. The maximum absolute atomic E-state index is 9.48. The average molecular weight is 234 g/mol. The zero-order valence-electron chi connectivity index (χ0n) is 10.8. The molecule has 1 aliphatic rings. The van der Waals surface area contributed by atoms with Crippen LogP contribution in [0, 0.1) is 0 Å². The van der Waals surface area contributed by atoms with E-state index in [2.05, 4.69) is 29.0 Å². The van der Waals surface area contributed by atoms with Gasteiger partial charge < -0.3 is 14.9 Å². The minimum absolute atomic E-state index is 0.376. The van der Waals surface area contributed by atoms with Gasteiger partial charge in [-0.1, -0.05) is 12.1 Å². The third-order valence-electron chi connectivity index (χ3n) is 3.46. The van der Waals surface area contributed by atoms with Gasteiger partial charge in [-0.05, 0) is 44.6 Å². The normalized spacial score (nSPS) is 20.1. The van der Waals surface area contributed by atoms with E-state index in [0.29, 0.717) is 0 Å². The molecule has 17 heavy (non-hydrogen) atoms. The summed E-state index contributed by atoms with van der Waals surface area (Å²) in [6, 6.07) is 8.28. The summed E-state index contributed by atoms with van der Waals surface area (Å²) < 4.78 is 0. The van der Waals surface area contributed by atoms with Gasteiger partial charge in [0.25, 0.3) is 0 Å². The van der Waals surface area contributed by atoms with Crippen molar-refractivity contribution >= 4 is 5.69 Å². The smallest absolute Gasteiger partial charge is 0.0761 e. The van der Waals surface area contributed by atoms with Gasteiger partial charge in [-0.3, -0.25) is 0 Å². The highest BCUT2D eigenvalue weighted by molar-refractivity contribution is 5.48. The highest BCUT2D eigenvalue weighted by Gasteiger charge is 2.12. The number of hydrogen-bond acceptors (Lipinski definition) is 3. The van der Waals surface area contributed by atoms with Crippen molar-refractivity contribution in [1.82, 2.24) is 4.90 Å². The van der Waals surface area contributed by atoms with Gasteiger partial charge in [0.1, 0.15) is 0 Å². The van der Waals surface area contributed by atoms with Crippen molar-refractivity contribution in [3.63, 3.8) is 0 Å². The molecule has 0 aliphatic carbocycles. The average Bonchev–Trinajstić information content (AvgIpc) is 2.54. The number of benzene rings is 1. The zero-order valence-corrected chi connectivity index (χ0v) is 10.8. The van der Waals surface area contributed by atoms with Gasteiger partial charge in [0.05, 0.1) is 6.10 Å². The monoisotopic (exact) mass is 234 g/mol. The Morgan fingerprint density at radius 3 is 2.41 bits per heavy atom. The van der Waals surface area contributed by atoms with Gasteiger partial charge in [-0.25, -0.2) is 0 Å². The van der Waals surface area contributed by atoms with E-state index in [1.807, 2.05) is 12.1 Å². The largest absolute Gasteiger partial charge is 0.389 e. The van der Waals surface area contributed by atoms with E-state index in [4.69, 9.17) is 0 Å². The number of likely N-dealkylation sites (N-methyl/N-ethyl adjacent to an activating group) is 1. The Balaban J connectivity index is 2.06. The minimum atomic E-state index is -0.376. The van der Waals surface area contributed by atoms with Crippen molar-refractivity contribution in [2.75, 3.05) is 38.1 Å². The number of hydrogen-bond donors (Lipinski definition) is 1. The Morgan fingerprint density at radius 2 is 1.76 bits per heavy atom. The van der Waals surface area contributed by atoms with Crippen molar-refractivity contribution in [1.29, 1.82) is 0 Å². The van der Waals surface area contributed by atoms with E-state index in [-0.39, 0.29) is 6.10 Å². The number of aliphatic hydroxyl groups excluding tert-OH is 1. The molecule has 0 aromatic heterocycles. The minimum Gasteiger partial charge on any atom is -0.389 e. The summed E-state index contributed by atoms with van der Waals surface area (Å²) in [5.41, 5.74) is 2.25. The molecule has 2 rings (SSSR count). The van der Waals surface area contributed by atoms with E-state index in [1.54, 1.807) is 6.92 Å². The molecule has 1 aromatic rings. The first-order valence-electron chi connectivity index (χ1n) is 6.38. The molecule has 94 valence electrons. The lowest BCUT2D eigenvalue weighted by molar-refractivity contribution is 0.199. The summed E-state index contributed by atoms with van der Waals surface area (Å²) in [6.07, 6.45) is 0.841. The van der Waals surface area contributed by atoms with Crippen LogP contribution in [0.2, 0.25) is 0 Å². The Morgan fingerprint density at radius 1 is 1.06 bits per heavy atom. The molecule has 1 aromatic carbocycles. The Labute approximate surface area is 104 Å². The molecule has 1 unspecified atom stereocenters. The van der Waals surface area contributed by atoms with Crippen LogP contribution in [-0.2, 0) is 0 Å². The Hall–Kier alpha value is -1.06. The molecule has 1 atom stereocenters. The van der Waals surface area contributed by atoms with Crippen molar-refractivity contribution in [3.05, 3.63) is 29.8 Å². The molecule has 3 nitrogen and oxygen atoms in total. The van der Waals surface area contributed by atoms with E-state index in [1.165, 1.54) is 18.7 Å². The molecule has 1 heterocycles. The fraction of sp³-hybridized carbons (Fsp3) is 0.571. The molecule has 3 heteroatoms. The SMILES string of the molecule is CC(O)c1ccc(N2CCCN(C)CC2)cc1. The molecule has 0 radical (unpaired) electrons. The quantitative estimate of drug-likeness (QED) is 0.846. The first-order valence-corrected chi connectivity index (χ1v) is 6.38. The first kappa shape index (κ1) is 12.4. The highest BCUT2D eigenvalue weighted by atomic mass is 16.3. The number of aliphatic hydroxyl groups is 1. The fourth-order valence-electron chi connectivity index (χ4n) is 2.27. The lowest BCUT2D eigenvalue weighted by atomic mass is 10.1. The molecule has 0 spiro atoms. The summed E-state index contributed by atoms with van der Waals surface area (Å²) >= 11 is 0. The topological polar surface area (TPSA) is 26.7 Å². The van der Waals surface area contributed by atoms with Crippen molar-refractivity contribution in [2.45, 2.75) is 19.4 Å². The third kappa shape index (κ3) is 3.20. The Bertz CT molecular complexity index is 348. The van der Waals surface area contributed by atoms with Crippen LogP contribution in [-0.4, -0.2) is 43.2 Å². The second-order valence-corrected chi connectivity index (χ2v) is 4.91. The van der Waals surface area contributed by atoms with Crippen molar-refractivity contribution in [2.24, 2.45) is 0 Å². The van der Waals surface area contributed by atoms with E-state index >= 15 is 0 Å². The van der Waals surface area contributed by atoms with Crippen LogP contribution in [0.3, 0.4) is 0 Å². The molecule has 1 aliphatic heterocycles. The number of anilines is 1. The van der Waals surface area contributed by atoms with E-state index in [0.717, 1.165) is 25.2 Å². The van der Waals surface area contributed by atoms with Gasteiger partial charge >= 0.3 is 0 Å². The molecule has 1 saturated heterocycles. The lowest BCUT2D eigenvalue weighted by Crippen LogP contribution is -2.28. The molecule has 0 bridgehead atoms. The van der Waals surface area contributed by atoms with Gasteiger partial charge in [-0.15, -0.1) is 0 Å². The second-order valence-electron chi connectivity index (χ2n) is 4.91. The van der Waals surface area contributed by atoms with Crippen LogP contribution < -0.4 is 4.90 Å². The maximum Gasteiger partial charge on any atom is 0.0761 e. The predicted molar refractivity (Wildman–Crippen MR) is 71.4 cm³/mol. The summed E-state index contributed by atoms with van der Waals surface area (Å²) in [7, 11) is 2.18. The number of rotatable bonds is 2. The summed E-state index contributed by atoms with van der Waals surface area (Å²) in [6.45, 7) is 6.32. The van der Waals surface area contributed by atoms with Crippen LogP contribution in [0.1, 0.15) is 25.0 Å². The maximum atomic E-state index is 9.48. The van der Waals surface area contributed by atoms with Crippen LogP contribution in [0.15, 0.2) is 24.3 Å². The summed E-state index contributed by atoms with van der Waals surface area (Å²) in [4.78, 5) is 4.81. The van der Waals surface area contributed by atoms with Gasteiger partial charge in [0.2, 0.25) is 0 Å². The standard InChI is InChI=1S/C14H22N2O/c1-12(17)13-4-6-14(7-5-13)16-9-3-8-15(2)10-11-16/h4-7,12,17H,3,8-11H2,1-2H3. The molecule has 1 fully saturated rings. The van der Waals surface area contributed by atoms with Crippen molar-refractivity contribution < 1.29 is 5.11 Å². The van der Waals surface area contributed by atoms with Crippen LogP contribution in [0.25, 0.3) is 0 Å². The van der Waals surface area contributed by atoms with Gasteiger partial charge in [0.15, 0.2) is 0 Å². The highest BCUT2D eigenvalue weighted by Crippen LogP contribution is 2.20. The van der Waals surface area contributed by atoms with E-state index in [9.17, 15) is 5.11 Å². The van der Waals surface area contributed by atoms with Crippen LogP contribution in [0.4, 0.5) is 5.69 Å². The molecular formula is C14H22N2O. The predicted octanol–water partition coefficient (Wildman–Crippen LogP) is 1.88. The van der Waals surface area contributed by atoms with E-state index < -0.39 is 0 Å². The zero-order chi connectivity index (χ0) is 12.3. The lowest BCUT2D eigenvalue weighted by Gasteiger charge is -2.23. The Kier molecular flexibility index (Phi) is 4.02. The summed E-state index contributed by atoms with van der Waals surface area (Å²) in [5.74, 6) is 0. The number of nitrogens with zero attached hydrogens (tertiary/aromatic N) is 2.